The zero-order valence-corrected chi connectivity index (χ0v) is 16.1. The third-order valence-electron chi connectivity index (χ3n) is 4.87. The molecule has 0 spiro atoms. The number of carbonyl (C=O) groups is 1. The Bertz CT molecular complexity index is 1240. The highest BCUT2D eigenvalue weighted by molar-refractivity contribution is 6.36. The van der Waals surface area contributed by atoms with Gasteiger partial charge in [-0.3, -0.25) is 4.79 Å². The van der Waals surface area contributed by atoms with Crippen LogP contribution in [0.1, 0.15) is 11.1 Å². The van der Waals surface area contributed by atoms with Gasteiger partial charge in [0, 0.05) is 39.2 Å². The Morgan fingerprint density at radius 1 is 0.931 bits per heavy atom. The minimum atomic E-state index is -0.145. The van der Waals surface area contributed by atoms with Crippen molar-refractivity contribution in [3.63, 3.8) is 0 Å². The molecule has 0 saturated carbocycles. The van der Waals surface area contributed by atoms with Gasteiger partial charge in [0.15, 0.2) is 0 Å². The van der Waals surface area contributed by atoms with Gasteiger partial charge in [-0.15, -0.1) is 0 Å². The van der Waals surface area contributed by atoms with Gasteiger partial charge in [0.25, 0.3) is 5.91 Å². The quantitative estimate of drug-likeness (QED) is 0.452. The molecule has 1 amide bonds. The van der Waals surface area contributed by atoms with Crippen LogP contribution in [0.4, 0.5) is 5.69 Å². The number of nitrogens with zero attached hydrogens (tertiary/aromatic N) is 2. The molecule has 1 aliphatic rings. The molecule has 4 aromatic rings. The summed E-state index contributed by atoms with van der Waals surface area (Å²) >= 11 is 6.17. The Morgan fingerprint density at radius 2 is 1.66 bits per heavy atom. The number of anilines is 1. The summed E-state index contributed by atoms with van der Waals surface area (Å²) in [6.45, 7) is 0. The Hall–Kier alpha value is -3.63. The molecule has 140 valence electrons. The van der Waals surface area contributed by atoms with Crippen LogP contribution in [0.15, 0.2) is 85.1 Å². The predicted molar refractivity (Wildman–Crippen MR) is 117 cm³/mol. The first-order valence-corrected chi connectivity index (χ1v) is 9.60. The highest BCUT2D eigenvalue weighted by Gasteiger charge is 2.25. The van der Waals surface area contributed by atoms with E-state index < -0.39 is 0 Å². The summed E-state index contributed by atoms with van der Waals surface area (Å²) in [6, 6.07) is 25.3. The highest BCUT2D eigenvalue weighted by atomic mass is 35.5. The summed E-state index contributed by atoms with van der Waals surface area (Å²) in [6.07, 6.45) is 3.83. The number of hydrogen-bond donors (Lipinski definition) is 1. The van der Waals surface area contributed by atoms with Crippen LogP contribution in [-0.2, 0) is 4.79 Å². The van der Waals surface area contributed by atoms with Crippen molar-refractivity contribution in [2.24, 2.45) is 0 Å². The Kier molecular flexibility index (Phi) is 4.26. The zero-order valence-electron chi connectivity index (χ0n) is 15.3. The van der Waals surface area contributed by atoms with Crippen molar-refractivity contribution in [3.05, 3.63) is 101 Å². The molecule has 3 aromatic carbocycles. The number of rotatable bonds is 3. The number of fused-ring (bicyclic) bond motifs is 1. The maximum Gasteiger partial charge on any atom is 0.256 e. The number of carbonyl (C=O) groups excluding carboxylic acids is 1. The second-order valence-electron chi connectivity index (χ2n) is 6.78. The number of amides is 1. The molecular weight excluding hydrogens is 382 g/mol. The van der Waals surface area contributed by atoms with Crippen LogP contribution in [0.2, 0.25) is 5.02 Å². The lowest BCUT2D eigenvalue weighted by atomic mass is 10.0. The summed E-state index contributed by atoms with van der Waals surface area (Å²) in [5.74, 6) is -0.145. The summed E-state index contributed by atoms with van der Waals surface area (Å²) < 4.78 is 1.83. The van der Waals surface area contributed by atoms with E-state index in [9.17, 15) is 4.79 Å². The first-order valence-electron chi connectivity index (χ1n) is 9.22. The number of benzene rings is 3. The molecule has 0 saturated heterocycles. The van der Waals surface area contributed by atoms with Gasteiger partial charge in [0.1, 0.15) is 0 Å². The van der Waals surface area contributed by atoms with E-state index in [-0.39, 0.29) is 5.91 Å². The summed E-state index contributed by atoms with van der Waals surface area (Å²) in [7, 11) is 0. The van der Waals surface area contributed by atoms with Crippen LogP contribution in [0.3, 0.4) is 0 Å². The fourth-order valence-corrected chi connectivity index (χ4v) is 3.66. The average molecular weight is 398 g/mol. The van der Waals surface area contributed by atoms with Crippen molar-refractivity contribution in [2.75, 3.05) is 5.32 Å². The van der Waals surface area contributed by atoms with E-state index >= 15 is 0 Å². The average Bonchev–Trinajstić information content (AvgIpc) is 3.31. The number of halogens is 1. The van der Waals surface area contributed by atoms with Crippen molar-refractivity contribution in [1.29, 1.82) is 0 Å². The third-order valence-corrected chi connectivity index (χ3v) is 5.11. The largest absolute Gasteiger partial charge is 0.321 e. The predicted octanol–water partition coefficient (Wildman–Crippen LogP) is 5.69. The lowest BCUT2D eigenvalue weighted by molar-refractivity contribution is -0.110. The Labute approximate surface area is 173 Å². The lowest BCUT2D eigenvalue weighted by Crippen LogP contribution is -2.03. The molecule has 0 unspecified atom stereocenters. The monoisotopic (exact) mass is 397 g/mol. The van der Waals surface area contributed by atoms with E-state index in [1.165, 1.54) is 0 Å². The first kappa shape index (κ1) is 17.5. The van der Waals surface area contributed by atoms with Gasteiger partial charge in [-0.05, 0) is 36.4 Å². The van der Waals surface area contributed by atoms with E-state index in [1.54, 1.807) is 6.07 Å². The molecule has 0 radical (unpaired) electrons. The molecule has 1 N–H and O–H groups in total. The van der Waals surface area contributed by atoms with Crippen molar-refractivity contribution < 1.29 is 4.79 Å². The van der Waals surface area contributed by atoms with E-state index in [2.05, 4.69) is 5.32 Å². The van der Waals surface area contributed by atoms with E-state index in [0.29, 0.717) is 10.6 Å². The van der Waals surface area contributed by atoms with Crippen LogP contribution < -0.4 is 5.32 Å². The standard InChI is InChI=1S/C24H16ClN3O/c25-18-11-12-22-20(14-18)21(24(29)26-22)13-17-15-28(19-9-5-2-6-10-19)27-23(17)16-7-3-1-4-8-16/h1-15H,(H,26,29)/b21-13+. The number of para-hydroxylation sites is 1. The van der Waals surface area contributed by atoms with E-state index in [1.807, 2.05) is 89.8 Å². The third kappa shape index (κ3) is 3.24. The normalized spacial score (nSPS) is 14.1. The molecule has 2 heterocycles. The van der Waals surface area contributed by atoms with Crippen LogP contribution >= 0.6 is 11.6 Å². The zero-order chi connectivity index (χ0) is 19.8. The Morgan fingerprint density at radius 3 is 2.41 bits per heavy atom. The fourth-order valence-electron chi connectivity index (χ4n) is 3.49. The van der Waals surface area contributed by atoms with Gasteiger partial charge in [-0.1, -0.05) is 60.1 Å². The van der Waals surface area contributed by atoms with Crippen molar-refractivity contribution in [2.45, 2.75) is 0 Å². The van der Waals surface area contributed by atoms with Gasteiger partial charge in [-0.25, -0.2) is 4.68 Å². The summed E-state index contributed by atoms with van der Waals surface area (Å²) in [4.78, 5) is 12.6. The molecule has 4 nitrogen and oxygen atoms in total. The number of hydrogen-bond acceptors (Lipinski definition) is 2. The maximum atomic E-state index is 12.6. The SMILES string of the molecule is O=C1Nc2ccc(Cl)cc2/C1=C\c1cn(-c2ccccc2)nc1-c1ccccc1. The minimum Gasteiger partial charge on any atom is -0.321 e. The topological polar surface area (TPSA) is 46.9 Å². The molecule has 5 heteroatoms. The van der Waals surface area contributed by atoms with E-state index in [4.69, 9.17) is 16.7 Å². The maximum absolute atomic E-state index is 12.6. The summed E-state index contributed by atoms with van der Waals surface area (Å²) in [5, 5.41) is 8.30. The van der Waals surface area contributed by atoms with Crippen molar-refractivity contribution in [1.82, 2.24) is 9.78 Å². The second kappa shape index (κ2) is 7.08. The first-order chi connectivity index (χ1) is 14.2. The van der Waals surface area contributed by atoms with E-state index in [0.717, 1.165) is 33.8 Å². The van der Waals surface area contributed by atoms with Crippen LogP contribution in [0.25, 0.3) is 28.6 Å². The molecule has 1 aliphatic heterocycles. The van der Waals surface area contributed by atoms with Crippen LogP contribution in [-0.4, -0.2) is 15.7 Å². The molecule has 29 heavy (non-hydrogen) atoms. The molecular formula is C24H16ClN3O. The van der Waals surface area contributed by atoms with Gasteiger partial charge in [-0.2, -0.15) is 5.10 Å². The van der Waals surface area contributed by atoms with Crippen LogP contribution in [0.5, 0.6) is 0 Å². The number of nitrogens with one attached hydrogen (secondary N) is 1. The highest BCUT2D eigenvalue weighted by Crippen LogP contribution is 2.36. The molecule has 1 aromatic heterocycles. The molecule has 5 rings (SSSR count). The minimum absolute atomic E-state index is 0.145. The van der Waals surface area contributed by atoms with Crippen molar-refractivity contribution in [3.8, 4) is 16.9 Å². The van der Waals surface area contributed by atoms with Crippen molar-refractivity contribution >= 4 is 34.8 Å². The molecule has 0 bridgehead atoms. The second-order valence-corrected chi connectivity index (χ2v) is 7.22. The number of aromatic nitrogens is 2. The summed E-state index contributed by atoms with van der Waals surface area (Å²) in [5.41, 5.74) is 5.75. The molecule has 0 fully saturated rings. The smallest absolute Gasteiger partial charge is 0.256 e. The van der Waals surface area contributed by atoms with Gasteiger partial charge < -0.3 is 5.32 Å². The Balaban J connectivity index is 1.69. The van der Waals surface area contributed by atoms with Gasteiger partial charge in [0.05, 0.1) is 11.4 Å². The fraction of sp³-hybridized carbons (Fsp3) is 0. The molecule has 0 aliphatic carbocycles. The van der Waals surface area contributed by atoms with Gasteiger partial charge in [0.2, 0.25) is 0 Å². The van der Waals surface area contributed by atoms with Gasteiger partial charge >= 0.3 is 0 Å². The molecule has 0 atom stereocenters. The van der Waals surface area contributed by atoms with Crippen LogP contribution in [0, 0.1) is 0 Å². The lowest BCUT2D eigenvalue weighted by Gasteiger charge is -2.01.